The molecule has 1 aliphatic carbocycles. The number of rotatable bonds is 6. The van der Waals surface area contributed by atoms with Crippen LogP contribution in [-0.4, -0.2) is 11.6 Å². The Morgan fingerprint density at radius 1 is 1.35 bits per heavy atom. The zero-order chi connectivity index (χ0) is 12.1. The van der Waals surface area contributed by atoms with Gasteiger partial charge in [0.25, 0.3) is 0 Å². The van der Waals surface area contributed by atoms with Gasteiger partial charge in [-0.1, -0.05) is 26.3 Å². The molecule has 0 amide bonds. The first-order valence-electron chi connectivity index (χ1n) is 6.89. The number of pyridine rings is 1. The Labute approximate surface area is 104 Å². The van der Waals surface area contributed by atoms with E-state index in [0.29, 0.717) is 5.92 Å². The first-order chi connectivity index (χ1) is 8.33. The zero-order valence-corrected chi connectivity index (χ0v) is 11.0. The number of hydrogen-bond donors (Lipinski definition) is 0. The molecule has 0 saturated heterocycles. The fourth-order valence-electron chi connectivity index (χ4n) is 2.74. The van der Waals surface area contributed by atoms with Crippen LogP contribution < -0.4 is 0 Å². The molecule has 0 spiro atoms. The molecule has 1 atom stereocenters. The largest absolute Gasteiger partial charge is 0.368 e. The number of nitrogens with zero attached hydrogens (tertiary/aromatic N) is 1. The van der Waals surface area contributed by atoms with Crippen LogP contribution in [0.25, 0.3) is 0 Å². The maximum absolute atomic E-state index is 6.26. The summed E-state index contributed by atoms with van der Waals surface area (Å²) in [7, 11) is 0. The van der Waals surface area contributed by atoms with Crippen molar-refractivity contribution in [2.45, 2.75) is 51.6 Å². The summed E-state index contributed by atoms with van der Waals surface area (Å²) in [6.45, 7) is 5.23. The van der Waals surface area contributed by atoms with Crippen molar-refractivity contribution in [3.63, 3.8) is 0 Å². The molecule has 2 rings (SSSR count). The highest BCUT2D eigenvalue weighted by Crippen LogP contribution is 2.46. The molecule has 2 heteroatoms. The number of aromatic nitrogens is 1. The van der Waals surface area contributed by atoms with Crippen LogP contribution in [0.2, 0.25) is 0 Å². The van der Waals surface area contributed by atoms with Gasteiger partial charge in [-0.2, -0.15) is 0 Å². The molecule has 1 aromatic rings. The maximum atomic E-state index is 6.26. The third kappa shape index (κ3) is 2.37. The van der Waals surface area contributed by atoms with Gasteiger partial charge in [-0.25, -0.2) is 0 Å². The fourth-order valence-corrected chi connectivity index (χ4v) is 2.74. The molecule has 2 nitrogen and oxygen atoms in total. The predicted molar refractivity (Wildman–Crippen MR) is 69.8 cm³/mol. The molecule has 0 aromatic carbocycles. The lowest BCUT2D eigenvalue weighted by atomic mass is 9.69. The first-order valence-corrected chi connectivity index (χ1v) is 6.89. The monoisotopic (exact) mass is 233 g/mol. The number of ether oxygens (including phenoxy) is 1. The van der Waals surface area contributed by atoms with E-state index in [2.05, 4.69) is 31.0 Å². The summed E-state index contributed by atoms with van der Waals surface area (Å²) in [5, 5.41) is 0. The Morgan fingerprint density at radius 2 is 2.18 bits per heavy atom. The van der Waals surface area contributed by atoms with Crippen molar-refractivity contribution in [1.82, 2.24) is 4.98 Å². The SMILES string of the molecule is CCCOC(CC)(c1ccccn1)C1CCC1. The number of hydrogen-bond acceptors (Lipinski definition) is 2. The lowest BCUT2D eigenvalue weighted by molar-refractivity contribution is -0.121. The van der Waals surface area contributed by atoms with Gasteiger partial charge in [0.2, 0.25) is 0 Å². The van der Waals surface area contributed by atoms with Gasteiger partial charge in [0.15, 0.2) is 0 Å². The Hall–Kier alpha value is -0.890. The highest BCUT2D eigenvalue weighted by molar-refractivity contribution is 5.16. The van der Waals surface area contributed by atoms with Crippen molar-refractivity contribution in [2.24, 2.45) is 5.92 Å². The Morgan fingerprint density at radius 3 is 2.65 bits per heavy atom. The summed E-state index contributed by atoms with van der Waals surface area (Å²) < 4.78 is 6.26. The molecule has 1 saturated carbocycles. The molecular formula is C15H23NO. The summed E-state index contributed by atoms with van der Waals surface area (Å²) in [5.41, 5.74) is 0.996. The van der Waals surface area contributed by atoms with E-state index < -0.39 is 0 Å². The lowest BCUT2D eigenvalue weighted by Crippen LogP contribution is -2.42. The molecule has 0 radical (unpaired) electrons. The first kappa shape index (κ1) is 12.6. The Kier molecular flexibility index (Phi) is 4.16. The molecule has 1 unspecified atom stereocenters. The van der Waals surface area contributed by atoms with E-state index in [0.717, 1.165) is 25.1 Å². The average molecular weight is 233 g/mol. The molecule has 1 heterocycles. The Bertz CT molecular complexity index is 334. The smallest absolute Gasteiger partial charge is 0.112 e. The van der Waals surface area contributed by atoms with Crippen LogP contribution in [0.15, 0.2) is 24.4 Å². The van der Waals surface area contributed by atoms with Gasteiger partial charge in [-0.15, -0.1) is 0 Å². The second-order valence-corrected chi connectivity index (χ2v) is 4.93. The molecule has 94 valence electrons. The van der Waals surface area contributed by atoms with Gasteiger partial charge in [0, 0.05) is 12.8 Å². The van der Waals surface area contributed by atoms with Crippen LogP contribution >= 0.6 is 0 Å². The van der Waals surface area contributed by atoms with E-state index in [1.165, 1.54) is 19.3 Å². The third-order valence-corrected chi connectivity index (χ3v) is 3.95. The molecule has 0 bridgehead atoms. The summed E-state index contributed by atoms with van der Waals surface area (Å²) in [5.74, 6) is 0.661. The van der Waals surface area contributed by atoms with E-state index in [1.54, 1.807) is 0 Å². The lowest BCUT2D eigenvalue weighted by Gasteiger charge is -2.44. The topological polar surface area (TPSA) is 22.1 Å². The van der Waals surface area contributed by atoms with Crippen LogP contribution in [0.5, 0.6) is 0 Å². The summed E-state index contributed by atoms with van der Waals surface area (Å²) in [4.78, 5) is 4.55. The van der Waals surface area contributed by atoms with E-state index in [9.17, 15) is 0 Å². The molecular weight excluding hydrogens is 210 g/mol. The van der Waals surface area contributed by atoms with Crippen molar-refractivity contribution in [1.29, 1.82) is 0 Å². The molecule has 0 aliphatic heterocycles. The normalized spacial score (nSPS) is 19.6. The van der Waals surface area contributed by atoms with Gasteiger partial charge in [-0.3, -0.25) is 4.98 Å². The summed E-state index contributed by atoms with van der Waals surface area (Å²) >= 11 is 0. The molecule has 1 aliphatic rings. The zero-order valence-electron chi connectivity index (χ0n) is 11.0. The van der Waals surface area contributed by atoms with Crippen molar-refractivity contribution in [3.8, 4) is 0 Å². The molecule has 0 N–H and O–H groups in total. The van der Waals surface area contributed by atoms with Crippen LogP contribution in [0, 0.1) is 5.92 Å². The van der Waals surface area contributed by atoms with Crippen LogP contribution in [0.3, 0.4) is 0 Å². The van der Waals surface area contributed by atoms with Gasteiger partial charge in [-0.05, 0) is 43.7 Å². The summed E-state index contributed by atoms with van der Waals surface area (Å²) in [6.07, 6.45) is 7.89. The highest BCUT2D eigenvalue weighted by atomic mass is 16.5. The van der Waals surface area contributed by atoms with Crippen molar-refractivity contribution in [2.75, 3.05) is 6.61 Å². The van der Waals surface area contributed by atoms with Gasteiger partial charge in [0.1, 0.15) is 5.60 Å². The van der Waals surface area contributed by atoms with Gasteiger partial charge < -0.3 is 4.74 Å². The van der Waals surface area contributed by atoms with Crippen molar-refractivity contribution in [3.05, 3.63) is 30.1 Å². The average Bonchev–Trinajstić information content (AvgIpc) is 2.33. The third-order valence-electron chi connectivity index (χ3n) is 3.95. The molecule has 17 heavy (non-hydrogen) atoms. The van der Waals surface area contributed by atoms with E-state index in [-0.39, 0.29) is 5.60 Å². The molecule has 1 aromatic heterocycles. The second-order valence-electron chi connectivity index (χ2n) is 4.93. The maximum Gasteiger partial charge on any atom is 0.112 e. The molecule has 1 fully saturated rings. The Balaban J connectivity index is 2.26. The highest BCUT2D eigenvalue weighted by Gasteiger charge is 2.43. The second kappa shape index (κ2) is 5.63. The summed E-state index contributed by atoms with van der Waals surface area (Å²) in [6, 6.07) is 6.17. The van der Waals surface area contributed by atoms with E-state index in [4.69, 9.17) is 4.74 Å². The quantitative estimate of drug-likeness (QED) is 0.743. The minimum atomic E-state index is -0.129. The van der Waals surface area contributed by atoms with Gasteiger partial charge in [0.05, 0.1) is 5.69 Å². The van der Waals surface area contributed by atoms with Crippen LogP contribution in [0.4, 0.5) is 0 Å². The van der Waals surface area contributed by atoms with Gasteiger partial charge >= 0.3 is 0 Å². The minimum Gasteiger partial charge on any atom is -0.368 e. The van der Waals surface area contributed by atoms with E-state index in [1.807, 2.05) is 12.3 Å². The minimum absolute atomic E-state index is 0.129. The van der Waals surface area contributed by atoms with Crippen molar-refractivity contribution < 1.29 is 4.74 Å². The van der Waals surface area contributed by atoms with Crippen LogP contribution in [0.1, 0.15) is 51.6 Å². The van der Waals surface area contributed by atoms with Crippen molar-refractivity contribution >= 4 is 0 Å². The standard InChI is InChI=1S/C15H23NO/c1-3-12-17-15(4-2,13-8-7-9-13)14-10-5-6-11-16-14/h5-6,10-11,13H,3-4,7-9,12H2,1-2H3. The predicted octanol–water partition coefficient (Wildman–Crippen LogP) is 3.91. The fraction of sp³-hybridized carbons (Fsp3) is 0.667. The van der Waals surface area contributed by atoms with Crippen LogP contribution in [-0.2, 0) is 10.3 Å². The van der Waals surface area contributed by atoms with E-state index >= 15 is 0 Å².